The number of benzene rings is 1. The van der Waals surface area contributed by atoms with Crippen molar-refractivity contribution in [1.29, 1.82) is 0 Å². The number of rotatable bonds is 2. The van der Waals surface area contributed by atoms with Crippen LogP contribution in [0.25, 0.3) is 5.57 Å². The average molecular weight is 214 g/mol. The van der Waals surface area contributed by atoms with E-state index < -0.39 is 0 Å². The normalized spacial score (nSPS) is 16.1. The molecule has 0 saturated carbocycles. The highest BCUT2D eigenvalue weighted by Crippen LogP contribution is 2.26. The molecule has 0 atom stereocenters. The van der Waals surface area contributed by atoms with E-state index in [1.54, 1.807) is 0 Å². The van der Waals surface area contributed by atoms with Crippen molar-refractivity contribution in [2.45, 2.75) is 39.5 Å². The largest absolute Gasteiger partial charge is 0.295 e. The number of aryl methyl sites for hydroxylation is 2. The Hall–Kier alpha value is -1.37. The van der Waals surface area contributed by atoms with Gasteiger partial charge in [-0.25, -0.2) is 0 Å². The van der Waals surface area contributed by atoms with Gasteiger partial charge >= 0.3 is 0 Å². The highest BCUT2D eigenvalue weighted by atomic mass is 16.1. The number of allylic oxidation sites excluding steroid dienone is 2. The van der Waals surface area contributed by atoms with Crippen LogP contribution in [0.1, 0.15) is 42.9 Å². The Balaban J connectivity index is 2.34. The molecule has 2 rings (SSSR count). The summed E-state index contributed by atoms with van der Waals surface area (Å²) in [7, 11) is 0. The molecule has 0 bridgehead atoms. The maximum Gasteiger partial charge on any atom is 0.155 e. The number of carbonyl (C=O) groups excluding carboxylic acids is 1. The Labute approximate surface area is 97.2 Å². The second kappa shape index (κ2) is 4.65. The Morgan fingerprint density at radius 2 is 2.06 bits per heavy atom. The molecule has 0 fully saturated rings. The van der Waals surface area contributed by atoms with Gasteiger partial charge in [0.2, 0.25) is 0 Å². The second-order valence-corrected chi connectivity index (χ2v) is 4.48. The third kappa shape index (κ3) is 2.24. The molecule has 84 valence electrons. The van der Waals surface area contributed by atoms with Crippen molar-refractivity contribution in [2.24, 2.45) is 0 Å². The van der Waals surface area contributed by atoms with Crippen LogP contribution in [0, 0.1) is 6.92 Å². The molecule has 0 spiro atoms. The van der Waals surface area contributed by atoms with Crippen LogP contribution in [0.5, 0.6) is 0 Å². The van der Waals surface area contributed by atoms with Crippen molar-refractivity contribution < 1.29 is 4.79 Å². The predicted molar refractivity (Wildman–Crippen MR) is 67.4 cm³/mol. The molecule has 0 aromatic heterocycles. The van der Waals surface area contributed by atoms with Crippen molar-refractivity contribution in [1.82, 2.24) is 0 Å². The predicted octanol–water partition coefficient (Wildman–Crippen LogP) is 3.69. The molecule has 0 saturated heterocycles. The lowest BCUT2D eigenvalue weighted by Gasteiger charge is -2.14. The zero-order chi connectivity index (χ0) is 11.5. The molecule has 1 aliphatic rings. The molecule has 0 N–H and O–H groups in total. The molecule has 1 aromatic rings. The van der Waals surface area contributed by atoms with E-state index >= 15 is 0 Å². The summed E-state index contributed by atoms with van der Waals surface area (Å²) >= 11 is 0. The van der Waals surface area contributed by atoms with Gasteiger partial charge in [0, 0.05) is 6.42 Å². The number of hydrogen-bond donors (Lipinski definition) is 0. The average Bonchev–Trinajstić information content (AvgIpc) is 2.29. The standard InChI is InChI=1S/C15H18O/c1-3-12-7-8-14(9-11(12)2)13-5-4-6-15(16)10-13/h7-10H,3-6H2,1-2H3. The first-order valence-corrected chi connectivity index (χ1v) is 6.04. The van der Waals surface area contributed by atoms with Gasteiger partial charge in [0.25, 0.3) is 0 Å². The number of carbonyl (C=O) groups is 1. The molecule has 0 aliphatic heterocycles. The van der Waals surface area contributed by atoms with E-state index in [1.807, 2.05) is 6.08 Å². The first-order valence-electron chi connectivity index (χ1n) is 6.04. The smallest absolute Gasteiger partial charge is 0.155 e. The molecule has 0 radical (unpaired) electrons. The minimum atomic E-state index is 0.276. The zero-order valence-corrected chi connectivity index (χ0v) is 10.0. The summed E-state index contributed by atoms with van der Waals surface area (Å²) < 4.78 is 0. The van der Waals surface area contributed by atoms with Gasteiger partial charge in [-0.15, -0.1) is 0 Å². The molecule has 16 heavy (non-hydrogen) atoms. The summed E-state index contributed by atoms with van der Waals surface area (Å²) in [6.45, 7) is 4.32. The van der Waals surface area contributed by atoms with E-state index in [0.29, 0.717) is 0 Å². The van der Waals surface area contributed by atoms with Crippen LogP contribution in [0.3, 0.4) is 0 Å². The van der Waals surface area contributed by atoms with E-state index in [0.717, 1.165) is 25.7 Å². The van der Waals surface area contributed by atoms with Crippen LogP contribution < -0.4 is 0 Å². The van der Waals surface area contributed by atoms with E-state index in [9.17, 15) is 4.79 Å². The van der Waals surface area contributed by atoms with Crippen molar-refractivity contribution in [3.05, 3.63) is 41.0 Å². The van der Waals surface area contributed by atoms with Crippen molar-refractivity contribution in [3.8, 4) is 0 Å². The SMILES string of the molecule is CCc1ccc(C2=CC(=O)CCC2)cc1C. The van der Waals surface area contributed by atoms with Crippen LogP contribution in [0.4, 0.5) is 0 Å². The fourth-order valence-electron chi connectivity index (χ4n) is 2.31. The van der Waals surface area contributed by atoms with Gasteiger partial charge in [-0.1, -0.05) is 25.1 Å². The third-order valence-electron chi connectivity index (χ3n) is 3.30. The van der Waals surface area contributed by atoms with Gasteiger partial charge in [0.05, 0.1) is 0 Å². The quantitative estimate of drug-likeness (QED) is 0.733. The van der Waals surface area contributed by atoms with Crippen LogP contribution in [0.15, 0.2) is 24.3 Å². The minimum Gasteiger partial charge on any atom is -0.295 e. The summed E-state index contributed by atoms with van der Waals surface area (Å²) in [4.78, 5) is 11.4. The molecule has 0 amide bonds. The molecular formula is C15H18O. The van der Waals surface area contributed by atoms with Gasteiger partial charge < -0.3 is 0 Å². The maximum atomic E-state index is 11.4. The summed E-state index contributed by atoms with van der Waals surface area (Å²) in [5.41, 5.74) is 5.16. The van der Waals surface area contributed by atoms with Gasteiger partial charge in [-0.3, -0.25) is 4.79 Å². The zero-order valence-electron chi connectivity index (χ0n) is 10.0. The molecule has 1 heteroatoms. The summed E-state index contributed by atoms with van der Waals surface area (Å²) in [5, 5.41) is 0. The first kappa shape index (κ1) is 11.1. The van der Waals surface area contributed by atoms with E-state index in [-0.39, 0.29) is 5.78 Å². The first-order chi connectivity index (χ1) is 7.70. The van der Waals surface area contributed by atoms with Gasteiger partial charge in [-0.05, 0) is 54.5 Å². The van der Waals surface area contributed by atoms with Crippen LogP contribution in [0.2, 0.25) is 0 Å². The van der Waals surface area contributed by atoms with Crippen LogP contribution in [-0.2, 0) is 11.2 Å². The Bertz CT molecular complexity index is 441. The van der Waals surface area contributed by atoms with Crippen LogP contribution in [-0.4, -0.2) is 5.78 Å². The molecule has 1 nitrogen and oxygen atoms in total. The third-order valence-corrected chi connectivity index (χ3v) is 3.30. The highest BCUT2D eigenvalue weighted by molar-refractivity contribution is 5.98. The Kier molecular flexibility index (Phi) is 3.23. The van der Waals surface area contributed by atoms with E-state index in [4.69, 9.17) is 0 Å². The minimum absolute atomic E-state index is 0.276. The maximum absolute atomic E-state index is 11.4. The van der Waals surface area contributed by atoms with Gasteiger partial charge in [0.1, 0.15) is 0 Å². The van der Waals surface area contributed by atoms with E-state index in [1.165, 1.54) is 22.3 Å². The molecule has 0 unspecified atom stereocenters. The molecular weight excluding hydrogens is 196 g/mol. The number of hydrogen-bond acceptors (Lipinski definition) is 1. The van der Waals surface area contributed by atoms with Gasteiger partial charge in [-0.2, -0.15) is 0 Å². The molecule has 1 aliphatic carbocycles. The van der Waals surface area contributed by atoms with Crippen molar-refractivity contribution >= 4 is 11.4 Å². The Morgan fingerprint density at radius 3 is 2.69 bits per heavy atom. The van der Waals surface area contributed by atoms with E-state index in [2.05, 4.69) is 32.0 Å². The molecule has 0 heterocycles. The molecule has 1 aromatic carbocycles. The summed E-state index contributed by atoms with van der Waals surface area (Å²) in [6, 6.07) is 6.55. The van der Waals surface area contributed by atoms with Crippen molar-refractivity contribution in [3.63, 3.8) is 0 Å². The van der Waals surface area contributed by atoms with Crippen LogP contribution >= 0.6 is 0 Å². The Morgan fingerprint density at radius 1 is 1.25 bits per heavy atom. The lowest BCUT2D eigenvalue weighted by atomic mass is 9.91. The fraction of sp³-hybridized carbons (Fsp3) is 0.400. The summed E-state index contributed by atoms with van der Waals surface area (Å²) in [6.07, 6.45) is 5.65. The number of ketones is 1. The summed E-state index contributed by atoms with van der Waals surface area (Å²) in [5.74, 6) is 0.276. The lowest BCUT2D eigenvalue weighted by molar-refractivity contribution is -0.114. The topological polar surface area (TPSA) is 17.1 Å². The van der Waals surface area contributed by atoms with Gasteiger partial charge in [0.15, 0.2) is 5.78 Å². The monoisotopic (exact) mass is 214 g/mol. The van der Waals surface area contributed by atoms with Crippen molar-refractivity contribution in [2.75, 3.05) is 0 Å². The fourth-order valence-corrected chi connectivity index (χ4v) is 2.31. The highest BCUT2D eigenvalue weighted by Gasteiger charge is 2.11. The lowest BCUT2D eigenvalue weighted by Crippen LogP contribution is -2.02. The second-order valence-electron chi connectivity index (χ2n) is 4.48.